The van der Waals surface area contributed by atoms with E-state index in [-0.39, 0.29) is 23.8 Å². The highest BCUT2D eigenvalue weighted by Crippen LogP contribution is 2.35. The van der Waals surface area contributed by atoms with Crippen LogP contribution >= 0.6 is 11.8 Å². The van der Waals surface area contributed by atoms with Crippen LogP contribution in [0.25, 0.3) is 0 Å². The van der Waals surface area contributed by atoms with Gasteiger partial charge in [0, 0.05) is 18.1 Å². The zero-order valence-electron chi connectivity index (χ0n) is 13.9. The van der Waals surface area contributed by atoms with Crippen molar-refractivity contribution in [3.05, 3.63) is 58.4 Å². The first-order chi connectivity index (χ1) is 12.1. The first-order valence-corrected chi connectivity index (χ1v) is 9.01. The predicted octanol–water partition coefficient (Wildman–Crippen LogP) is 2.92. The molecule has 130 valence electrons. The summed E-state index contributed by atoms with van der Waals surface area (Å²) < 4.78 is 5.53. The van der Waals surface area contributed by atoms with Crippen LogP contribution in [0.15, 0.2) is 46.9 Å². The Labute approximate surface area is 149 Å². The van der Waals surface area contributed by atoms with E-state index in [0.717, 1.165) is 11.3 Å². The lowest BCUT2D eigenvalue weighted by Crippen LogP contribution is -2.31. The fourth-order valence-corrected chi connectivity index (χ4v) is 3.43. The highest BCUT2D eigenvalue weighted by molar-refractivity contribution is 7.99. The largest absolute Gasteiger partial charge is 0.494 e. The maximum absolute atomic E-state index is 12.6. The molecule has 0 fully saturated rings. The maximum atomic E-state index is 12.6. The van der Waals surface area contributed by atoms with E-state index in [1.165, 1.54) is 11.8 Å². The van der Waals surface area contributed by atoms with E-state index >= 15 is 0 Å². The number of nitrogens with one attached hydrogen (secondary N) is 2. The molecular formula is C18H19N3O3S. The number of benzene rings is 1. The number of hydrogen-bond acceptors (Lipinski definition) is 5. The Bertz CT molecular complexity index is 863. The molecule has 1 aromatic carbocycles. The van der Waals surface area contributed by atoms with Crippen molar-refractivity contribution in [1.82, 2.24) is 9.97 Å². The summed E-state index contributed by atoms with van der Waals surface area (Å²) in [6.07, 6.45) is 1.93. The minimum atomic E-state index is -0.348. The lowest BCUT2D eigenvalue weighted by atomic mass is 9.87. The minimum absolute atomic E-state index is 0.155. The molecule has 2 N–H and O–H groups in total. The van der Waals surface area contributed by atoms with Gasteiger partial charge < -0.3 is 15.0 Å². The van der Waals surface area contributed by atoms with E-state index in [1.807, 2.05) is 31.2 Å². The highest BCUT2D eigenvalue weighted by atomic mass is 32.2. The Morgan fingerprint density at radius 3 is 3.04 bits per heavy atom. The number of nitrogens with zero attached hydrogens (tertiary/aromatic N) is 1. The summed E-state index contributed by atoms with van der Waals surface area (Å²) >= 11 is 1.36. The van der Waals surface area contributed by atoms with Crippen molar-refractivity contribution in [1.29, 1.82) is 0 Å². The molecule has 3 rings (SSSR count). The molecular weight excluding hydrogens is 338 g/mol. The van der Waals surface area contributed by atoms with E-state index in [4.69, 9.17) is 4.74 Å². The smallest absolute Gasteiger partial charge is 0.257 e. The van der Waals surface area contributed by atoms with Crippen molar-refractivity contribution in [3.8, 4) is 5.75 Å². The second-order valence-corrected chi connectivity index (χ2v) is 6.55. The summed E-state index contributed by atoms with van der Waals surface area (Å²) in [6, 6.07) is 7.49. The van der Waals surface area contributed by atoms with Crippen LogP contribution < -0.4 is 15.6 Å². The van der Waals surface area contributed by atoms with Crippen molar-refractivity contribution in [2.75, 3.05) is 17.7 Å². The molecule has 25 heavy (non-hydrogen) atoms. The Morgan fingerprint density at radius 1 is 1.44 bits per heavy atom. The summed E-state index contributed by atoms with van der Waals surface area (Å²) in [5.74, 6) is 1.17. The fraction of sp³-hybridized carbons (Fsp3) is 0.278. The number of hydrogen-bond donors (Lipinski definition) is 2. The van der Waals surface area contributed by atoms with Crippen LogP contribution in [0.3, 0.4) is 0 Å². The lowest BCUT2D eigenvalue weighted by Gasteiger charge is -2.24. The Morgan fingerprint density at radius 2 is 2.28 bits per heavy atom. The van der Waals surface area contributed by atoms with Gasteiger partial charge in [-0.25, -0.2) is 4.98 Å². The van der Waals surface area contributed by atoms with E-state index in [2.05, 4.69) is 21.9 Å². The molecule has 0 saturated carbocycles. The van der Waals surface area contributed by atoms with Gasteiger partial charge in [-0.2, -0.15) is 0 Å². The summed E-state index contributed by atoms with van der Waals surface area (Å²) in [6.45, 7) is 6.11. The van der Waals surface area contributed by atoms with E-state index in [0.29, 0.717) is 28.9 Å². The molecule has 0 radical (unpaired) electrons. The predicted molar refractivity (Wildman–Crippen MR) is 98.5 cm³/mol. The zero-order valence-corrected chi connectivity index (χ0v) is 14.7. The van der Waals surface area contributed by atoms with Crippen LogP contribution in [-0.2, 0) is 4.79 Å². The van der Waals surface area contributed by atoms with E-state index < -0.39 is 0 Å². The molecule has 1 amide bonds. The van der Waals surface area contributed by atoms with E-state index in [9.17, 15) is 9.59 Å². The summed E-state index contributed by atoms with van der Waals surface area (Å²) in [7, 11) is 0. The third-order valence-corrected chi connectivity index (χ3v) is 4.71. The van der Waals surface area contributed by atoms with Gasteiger partial charge in [0.1, 0.15) is 11.6 Å². The first kappa shape index (κ1) is 17.3. The van der Waals surface area contributed by atoms with Gasteiger partial charge in [-0.05, 0) is 24.6 Å². The first-order valence-electron chi connectivity index (χ1n) is 8.03. The number of fused-ring (bicyclic) bond motifs is 1. The molecule has 7 heteroatoms. The minimum Gasteiger partial charge on any atom is -0.494 e. The molecule has 6 nitrogen and oxygen atoms in total. The summed E-state index contributed by atoms with van der Waals surface area (Å²) in [5.41, 5.74) is 1.11. The van der Waals surface area contributed by atoms with Crippen molar-refractivity contribution in [3.63, 3.8) is 0 Å². The Hall–Kier alpha value is -2.54. The van der Waals surface area contributed by atoms with Gasteiger partial charge in [0.05, 0.1) is 12.2 Å². The molecule has 0 spiro atoms. The quantitative estimate of drug-likeness (QED) is 0.472. The summed E-state index contributed by atoms with van der Waals surface area (Å²) in [5, 5.41) is 3.18. The number of aromatic amines is 1. The second kappa shape index (κ2) is 7.57. The van der Waals surface area contributed by atoms with Gasteiger partial charge in [-0.1, -0.05) is 30.0 Å². The zero-order chi connectivity index (χ0) is 17.8. The van der Waals surface area contributed by atoms with Crippen LogP contribution in [0.2, 0.25) is 0 Å². The number of H-pyrrole nitrogens is 1. The van der Waals surface area contributed by atoms with Crippen molar-refractivity contribution >= 4 is 23.5 Å². The van der Waals surface area contributed by atoms with Gasteiger partial charge in [-0.3, -0.25) is 9.59 Å². The summed E-state index contributed by atoms with van der Waals surface area (Å²) in [4.78, 5) is 32.0. The number of thioether (sulfide) groups is 1. The number of carbonyl (C=O) groups excluding carboxylic acids is 1. The molecule has 0 aliphatic carbocycles. The van der Waals surface area contributed by atoms with Crippen LogP contribution in [0, 0.1) is 0 Å². The molecule has 1 aliphatic heterocycles. The van der Waals surface area contributed by atoms with Crippen LogP contribution in [0.5, 0.6) is 5.75 Å². The molecule has 1 atom stereocenters. The molecule has 1 aliphatic rings. The van der Waals surface area contributed by atoms with Gasteiger partial charge >= 0.3 is 0 Å². The van der Waals surface area contributed by atoms with Gasteiger partial charge in [0.15, 0.2) is 5.16 Å². The van der Waals surface area contributed by atoms with Gasteiger partial charge in [-0.15, -0.1) is 6.58 Å². The van der Waals surface area contributed by atoms with E-state index in [1.54, 1.807) is 6.08 Å². The number of ether oxygens (including phenoxy) is 1. The maximum Gasteiger partial charge on any atom is 0.257 e. The monoisotopic (exact) mass is 357 g/mol. The number of rotatable bonds is 6. The average molecular weight is 357 g/mol. The third-order valence-electron chi connectivity index (χ3n) is 3.84. The van der Waals surface area contributed by atoms with Crippen molar-refractivity contribution in [2.24, 2.45) is 0 Å². The molecule has 1 aromatic heterocycles. The normalized spacial score (nSPS) is 16.0. The fourth-order valence-electron chi connectivity index (χ4n) is 2.83. The molecule has 2 aromatic rings. The number of amides is 1. The average Bonchev–Trinajstić information content (AvgIpc) is 2.59. The van der Waals surface area contributed by atoms with Crippen molar-refractivity contribution < 1.29 is 9.53 Å². The van der Waals surface area contributed by atoms with Crippen LogP contribution in [0.4, 0.5) is 5.82 Å². The van der Waals surface area contributed by atoms with Gasteiger partial charge in [0.2, 0.25) is 5.91 Å². The molecule has 1 unspecified atom stereocenters. The third kappa shape index (κ3) is 3.76. The number of aromatic nitrogens is 2. The standard InChI is InChI=1S/C18H19N3O3S/c1-3-8-25-18-20-16-15(17(23)21-18)13(10-14(22)19-16)11-6-5-7-12(9-11)24-4-2/h3,5-7,9,13H,1,4,8,10H2,2H3,(H2,19,20,21,22,23). The molecule has 2 heterocycles. The van der Waals surface area contributed by atoms with Crippen LogP contribution in [0.1, 0.15) is 30.4 Å². The highest BCUT2D eigenvalue weighted by Gasteiger charge is 2.31. The SMILES string of the molecule is C=CCSc1nc2c(c(=O)[nH]1)C(c1cccc(OCC)c1)CC(=O)N2. The van der Waals surface area contributed by atoms with Gasteiger partial charge in [0.25, 0.3) is 5.56 Å². The Kier molecular flexibility index (Phi) is 5.23. The van der Waals surface area contributed by atoms with Crippen molar-refractivity contribution in [2.45, 2.75) is 24.4 Å². The molecule has 0 bridgehead atoms. The topological polar surface area (TPSA) is 84.1 Å². The Balaban J connectivity index is 2.04. The second-order valence-electron chi connectivity index (χ2n) is 5.54. The lowest BCUT2D eigenvalue weighted by molar-refractivity contribution is -0.116. The van der Waals surface area contributed by atoms with Crippen LogP contribution in [-0.4, -0.2) is 28.2 Å². The molecule has 0 saturated heterocycles. The number of carbonyl (C=O) groups is 1. The number of anilines is 1.